The number of nitrogen functional groups attached to an aromatic ring is 2. The maximum Gasteiger partial charge on any atom is 0.293 e. The maximum atomic E-state index is 12.7. The smallest absolute Gasteiger partial charge is 0.293 e. The molecule has 0 fully saturated rings. The molecule has 0 bridgehead atoms. The molecule has 1 unspecified atom stereocenters. The Labute approximate surface area is 157 Å². The van der Waals surface area contributed by atoms with Gasteiger partial charge in [-0.25, -0.2) is 0 Å². The van der Waals surface area contributed by atoms with Gasteiger partial charge in [0.2, 0.25) is 0 Å². The number of amides is 1. The van der Waals surface area contributed by atoms with E-state index in [4.69, 9.17) is 11.5 Å². The third-order valence-corrected chi connectivity index (χ3v) is 4.53. The number of hydrogen-bond acceptors (Lipinski definition) is 5. The lowest BCUT2D eigenvalue weighted by Gasteiger charge is -2.27. The Kier molecular flexibility index (Phi) is 5.72. The van der Waals surface area contributed by atoms with E-state index in [0.29, 0.717) is 11.3 Å². The quantitative estimate of drug-likeness (QED) is 0.430. The number of benzene rings is 2. The van der Waals surface area contributed by atoms with E-state index in [9.17, 15) is 14.9 Å². The molecule has 3 rings (SSSR count). The van der Waals surface area contributed by atoms with Gasteiger partial charge in [-0.3, -0.25) is 14.9 Å². The maximum absolute atomic E-state index is 12.7. The molecule has 7 nitrogen and oxygen atoms in total. The van der Waals surface area contributed by atoms with E-state index in [2.05, 4.69) is 5.32 Å². The minimum Gasteiger partial charge on any atom is -0.399 e. The van der Waals surface area contributed by atoms with E-state index < -0.39 is 10.8 Å². The normalized spacial score (nSPS) is 15.5. The van der Waals surface area contributed by atoms with Crippen LogP contribution in [-0.4, -0.2) is 10.8 Å². The van der Waals surface area contributed by atoms with Crippen LogP contribution in [0.5, 0.6) is 0 Å². The first-order valence-electron chi connectivity index (χ1n) is 8.10. The number of aryl methyl sites for hydroxylation is 2. The third-order valence-electron chi connectivity index (χ3n) is 4.53. The number of nitrogens with one attached hydrogen (secondary N) is 1. The number of hydrogen-bond donors (Lipinski definition) is 3. The number of carbonyl (C=O) groups excluding carboxylic acids is 1. The van der Waals surface area contributed by atoms with Crippen LogP contribution in [0.3, 0.4) is 0 Å². The molecule has 0 aromatic heterocycles. The van der Waals surface area contributed by atoms with E-state index in [0.717, 1.165) is 30.4 Å². The largest absolute Gasteiger partial charge is 0.399 e. The number of nitrogens with two attached hydrogens (primary N) is 2. The average molecular weight is 377 g/mol. The van der Waals surface area contributed by atoms with Gasteiger partial charge in [-0.05, 0) is 61.1 Å². The second-order valence-electron chi connectivity index (χ2n) is 6.38. The third kappa shape index (κ3) is 3.72. The van der Waals surface area contributed by atoms with Crippen molar-refractivity contribution in [3.8, 4) is 0 Å². The van der Waals surface area contributed by atoms with Crippen molar-refractivity contribution in [2.24, 2.45) is 0 Å². The van der Waals surface area contributed by atoms with Crippen LogP contribution in [0.4, 0.5) is 17.1 Å². The van der Waals surface area contributed by atoms with Crippen LogP contribution in [0, 0.1) is 17.0 Å². The van der Waals surface area contributed by atoms with Crippen LogP contribution in [0.15, 0.2) is 30.3 Å². The highest BCUT2D eigenvalue weighted by molar-refractivity contribution is 6.01. The molecular formula is C18H21ClN4O3. The first-order chi connectivity index (χ1) is 11.9. The lowest BCUT2D eigenvalue weighted by Crippen LogP contribution is -2.31. The van der Waals surface area contributed by atoms with Gasteiger partial charge >= 0.3 is 0 Å². The molecule has 0 spiro atoms. The fourth-order valence-corrected chi connectivity index (χ4v) is 3.34. The first-order valence-corrected chi connectivity index (χ1v) is 8.10. The van der Waals surface area contributed by atoms with Gasteiger partial charge in [0.1, 0.15) is 5.69 Å². The highest BCUT2D eigenvalue weighted by Gasteiger charge is 2.25. The molecule has 0 saturated carbocycles. The van der Waals surface area contributed by atoms with Crippen molar-refractivity contribution in [2.45, 2.75) is 32.2 Å². The zero-order valence-electron chi connectivity index (χ0n) is 14.3. The van der Waals surface area contributed by atoms with E-state index in [-0.39, 0.29) is 35.4 Å². The van der Waals surface area contributed by atoms with Gasteiger partial charge in [0.25, 0.3) is 11.6 Å². The Morgan fingerprint density at radius 2 is 2.00 bits per heavy atom. The lowest BCUT2D eigenvalue weighted by molar-refractivity contribution is -0.384. The number of anilines is 2. The monoisotopic (exact) mass is 376 g/mol. The van der Waals surface area contributed by atoms with Gasteiger partial charge in [0.05, 0.1) is 16.5 Å². The van der Waals surface area contributed by atoms with Gasteiger partial charge in [0, 0.05) is 11.8 Å². The number of nitro benzene ring substituents is 1. The topological polar surface area (TPSA) is 124 Å². The van der Waals surface area contributed by atoms with Crippen molar-refractivity contribution in [1.29, 1.82) is 0 Å². The molecule has 1 aliphatic rings. The molecule has 2 aromatic rings. The van der Waals surface area contributed by atoms with Crippen molar-refractivity contribution in [2.75, 3.05) is 11.5 Å². The summed E-state index contributed by atoms with van der Waals surface area (Å²) in [5.74, 6) is -0.404. The molecule has 0 radical (unpaired) electrons. The zero-order chi connectivity index (χ0) is 18.1. The van der Waals surface area contributed by atoms with E-state index in [1.54, 1.807) is 13.0 Å². The van der Waals surface area contributed by atoms with Crippen molar-refractivity contribution < 1.29 is 9.72 Å². The second kappa shape index (κ2) is 7.61. The number of fused-ring (bicyclic) bond motifs is 1. The van der Waals surface area contributed by atoms with Gasteiger partial charge in [-0.1, -0.05) is 6.07 Å². The molecule has 1 atom stereocenters. The molecule has 0 heterocycles. The Morgan fingerprint density at radius 3 is 2.69 bits per heavy atom. The molecule has 2 aromatic carbocycles. The highest BCUT2D eigenvalue weighted by atomic mass is 35.5. The summed E-state index contributed by atoms with van der Waals surface area (Å²) in [7, 11) is 0. The number of carbonyl (C=O) groups is 1. The molecule has 0 aliphatic heterocycles. The van der Waals surface area contributed by atoms with E-state index in [1.807, 2.05) is 18.2 Å². The number of halogens is 1. The van der Waals surface area contributed by atoms with Crippen molar-refractivity contribution in [3.63, 3.8) is 0 Å². The van der Waals surface area contributed by atoms with Gasteiger partial charge in [0.15, 0.2) is 0 Å². The minimum absolute atomic E-state index is 0. The predicted molar refractivity (Wildman–Crippen MR) is 103 cm³/mol. The second-order valence-corrected chi connectivity index (χ2v) is 6.38. The van der Waals surface area contributed by atoms with E-state index >= 15 is 0 Å². The van der Waals surface area contributed by atoms with Crippen molar-refractivity contribution in [3.05, 3.63) is 62.7 Å². The van der Waals surface area contributed by atoms with Crippen LogP contribution in [0.2, 0.25) is 0 Å². The summed E-state index contributed by atoms with van der Waals surface area (Å²) in [6, 6.07) is 8.46. The summed E-state index contributed by atoms with van der Waals surface area (Å²) in [5.41, 5.74) is 14.9. The molecule has 8 heteroatoms. The number of nitrogens with zero attached hydrogens (tertiary/aromatic N) is 1. The predicted octanol–water partition coefficient (Wildman–Crippen LogP) is 3.30. The van der Waals surface area contributed by atoms with Crippen LogP contribution < -0.4 is 16.8 Å². The van der Waals surface area contributed by atoms with Crippen LogP contribution in [-0.2, 0) is 6.42 Å². The highest BCUT2D eigenvalue weighted by Crippen LogP contribution is 2.32. The van der Waals surface area contributed by atoms with Crippen molar-refractivity contribution >= 4 is 35.4 Å². The fourth-order valence-electron chi connectivity index (χ4n) is 3.34. The summed E-state index contributed by atoms with van der Waals surface area (Å²) in [5, 5.41) is 14.1. The molecule has 5 N–H and O–H groups in total. The van der Waals surface area contributed by atoms with Gasteiger partial charge < -0.3 is 16.8 Å². The molecule has 138 valence electrons. The molecule has 0 saturated heterocycles. The van der Waals surface area contributed by atoms with Crippen LogP contribution in [0.25, 0.3) is 0 Å². The zero-order valence-corrected chi connectivity index (χ0v) is 15.1. The van der Waals surface area contributed by atoms with E-state index in [1.165, 1.54) is 6.07 Å². The summed E-state index contributed by atoms with van der Waals surface area (Å²) < 4.78 is 0. The van der Waals surface area contributed by atoms with Crippen molar-refractivity contribution in [1.82, 2.24) is 5.32 Å². The molecule has 1 amide bonds. The molecular weight excluding hydrogens is 356 g/mol. The first kappa shape index (κ1) is 19.5. The SMILES string of the molecule is Cc1cc(C(=O)NC2CCCc3cc(N)ccc32)c(N)c([N+](=O)[O-])c1.Cl. The molecule has 1 aliphatic carbocycles. The Bertz CT molecular complexity index is 870. The average Bonchev–Trinajstić information content (AvgIpc) is 2.56. The summed E-state index contributed by atoms with van der Waals surface area (Å²) in [6.07, 6.45) is 2.66. The molecule has 26 heavy (non-hydrogen) atoms. The summed E-state index contributed by atoms with van der Waals surface area (Å²) >= 11 is 0. The lowest BCUT2D eigenvalue weighted by atomic mass is 9.87. The van der Waals surface area contributed by atoms with Gasteiger partial charge in [-0.15, -0.1) is 12.4 Å². The number of rotatable bonds is 3. The standard InChI is InChI=1S/C18H20N4O3.ClH/c1-10-7-14(17(20)16(8-10)22(24)25)18(23)21-15-4-2-3-11-9-12(19)5-6-13(11)15;/h5-9,15H,2-4,19-20H2,1H3,(H,21,23);1H. The summed E-state index contributed by atoms with van der Waals surface area (Å²) in [4.78, 5) is 23.2. The fraction of sp³-hybridized carbons (Fsp3) is 0.278. The van der Waals surface area contributed by atoms with Crippen LogP contribution in [0.1, 0.15) is 45.9 Å². The Balaban J connectivity index is 0.00000243. The Morgan fingerprint density at radius 1 is 1.27 bits per heavy atom. The minimum atomic E-state index is -0.572. The Hall–Kier alpha value is -2.80. The summed E-state index contributed by atoms with van der Waals surface area (Å²) in [6.45, 7) is 1.70. The number of nitro groups is 1. The van der Waals surface area contributed by atoms with Crippen LogP contribution >= 0.6 is 12.4 Å². The van der Waals surface area contributed by atoms with Gasteiger partial charge in [-0.2, -0.15) is 0 Å².